The summed E-state index contributed by atoms with van der Waals surface area (Å²) in [5, 5.41) is 10.2. The van der Waals surface area contributed by atoms with Crippen LogP contribution in [0.1, 0.15) is 60.7 Å². The second-order valence-electron chi connectivity index (χ2n) is 12.0. The minimum Gasteiger partial charge on any atom is -0.490 e. The number of carbonyl (C=O) groups is 2. The summed E-state index contributed by atoms with van der Waals surface area (Å²) in [6, 6.07) is 11.6. The predicted octanol–water partition coefficient (Wildman–Crippen LogP) is 4.59. The van der Waals surface area contributed by atoms with E-state index in [1.807, 2.05) is 13.8 Å². The Balaban J connectivity index is 1.66. The molecule has 2 amide bonds. The summed E-state index contributed by atoms with van der Waals surface area (Å²) in [4.78, 5) is 34.4. The number of anilines is 1. The maximum absolute atomic E-state index is 14.3. The highest BCUT2D eigenvalue weighted by molar-refractivity contribution is 7.92. The number of aromatic nitrogens is 1. The van der Waals surface area contributed by atoms with E-state index in [0.29, 0.717) is 18.6 Å². The van der Waals surface area contributed by atoms with Gasteiger partial charge in [-0.05, 0) is 87.7 Å². The third-order valence-corrected chi connectivity index (χ3v) is 9.55. The fourth-order valence-electron chi connectivity index (χ4n) is 5.34. The molecule has 0 saturated heterocycles. The fraction of sp³-hybridized carbons (Fsp3) is 0.441. The number of benzene rings is 2. The topological polar surface area (TPSA) is 138 Å². The zero-order chi connectivity index (χ0) is 34.1. The highest BCUT2D eigenvalue weighted by Gasteiger charge is 2.31. The van der Waals surface area contributed by atoms with Gasteiger partial charge in [-0.3, -0.25) is 19.3 Å². The molecule has 0 unspecified atom stereocenters. The van der Waals surface area contributed by atoms with E-state index in [9.17, 15) is 27.5 Å². The van der Waals surface area contributed by atoms with Gasteiger partial charge in [0.25, 0.3) is 21.8 Å². The molecule has 0 spiro atoms. The van der Waals surface area contributed by atoms with Crippen LogP contribution in [0.25, 0.3) is 0 Å². The molecule has 0 radical (unpaired) electrons. The molecule has 0 fully saturated rings. The highest BCUT2D eigenvalue weighted by Crippen LogP contribution is 2.29. The van der Waals surface area contributed by atoms with Crippen LogP contribution in [-0.2, 0) is 14.8 Å². The standard InChI is InChI=1S/C34H43FN4O7S/c1-23-20-39(24(2)22-40)34(42)30-19-28(37-47(43,44)29-11-8-27(35)9-12-29)10-13-31(30)46-25(3)7-5-6-18-45-32(23)21-38(4)33(41)26-14-16-36-17-15-26/h8-17,19,23-25,32,37,40H,5-7,18,20-22H2,1-4H3/t23-,24+,25+,32+/m1/s1. The summed E-state index contributed by atoms with van der Waals surface area (Å²) in [6.07, 6.45) is 4.64. The SMILES string of the molecule is C[C@@H]1CN([C@@H](C)CO)C(=O)c2cc(NS(=O)(=O)c3ccc(F)cc3)ccc2O[C@@H](C)CCCCO[C@H]1CN(C)C(=O)c1ccncc1. The third kappa shape index (κ3) is 9.49. The Morgan fingerprint density at radius 1 is 1.13 bits per heavy atom. The number of hydrogen-bond acceptors (Lipinski definition) is 8. The summed E-state index contributed by atoms with van der Waals surface area (Å²) in [6.45, 7) is 6.10. The number of ether oxygens (including phenoxy) is 2. The molecule has 254 valence electrons. The van der Waals surface area contributed by atoms with Crippen molar-refractivity contribution in [3.8, 4) is 5.75 Å². The lowest BCUT2D eigenvalue weighted by Gasteiger charge is -2.36. The van der Waals surface area contributed by atoms with Crippen molar-refractivity contribution in [2.24, 2.45) is 5.92 Å². The van der Waals surface area contributed by atoms with E-state index in [4.69, 9.17) is 9.47 Å². The van der Waals surface area contributed by atoms with Crippen LogP contribution < -0.4 is 9.46 Å². The van der Waals surface area contributed by atoms with Gasteiger partial charge in [-0.15, -0.1) is 0 Å². The first-order valence-corrected chi connectivity index (χ1v) is 17.2. The average Bonchev–Trinajstić information content (AvgIpc) is 3.06. The molecule has 1 aromatic heterocycles. The van der Waals surface area contributed by atoms with Crippen LogP contribution in [0.2, 0.25) is 0 Å². The number of halogens is 1. The molecule has 1 aliphatic heterocycles. The number of pyridine rings is 1. The van der Waals surface area contributed by atoms with Crippen LogP contribution in [0, 0.1) is 11.7 Å². The van der Waals surface area contributed by atoms with Crippen molar-refractivity contribution in [1.82, 2.24) is 14.8 Å². The summed E-state index contributed by atoms with van der Waals surface area (Å²) >= 11 is 0. The van der Waals surface area contributed by atoms with Crippen LogP contribution >= 0.6 is 0 Å². The van der Waals surface area contributed by atoms with Gasteiger partial charge in [0.1, 0.15) is 11.6 Å². The summed E-state index contributed by atoms with van der Waals surface area (Å²) in [5.74, 6) is -1.22. The van der Waals surface area contributed by atoms with Crippen LogP contribution in [0.3, 0.4) is 0 Å². The Hall–Kier alpha value is -4.07. The molecule has 47 heavy (non-hydrogen) atoms. The first-order chi connectivity index (χ1) is 22.4. The number of rotatable bonds is 8. The maximum atomic E-state index is 14.3. The second-order valence-corrected chi connectivity index (χ2v) is 13.7. The van der Waals surface area contributed by atoms with Crippen molar-refractivity contribution in [3.63, 3.8) is 0 Å². The van der Waals surface area contributed by atoms with E-state index < -0.39 is 33.9 Å². The largest absolute Gasteiger partial charge is 0.490 e. The van der Waals surface area contributed by atoms with E-state index in [1.54, 1.807) is 49.5 Å². The first kappa shape index (κ1) is 35.8. The Morgan fingerprint density at radius 3 is 2.51 bits per heavy atom. The lowest BCUT2D eigenvalue weighted by molar-refractivity contribution is -0.0149. The van der Waals surface area contributed by atoms with Crippen molar-refractivity contribution in [1.29, 1.82) is 0 Å². The van der Waals surface area contributed by atoms with E-state index >= 15 is 0 Å². The molecular formula is C34H43FN4O7S. The van der Waals surface area contributed by atoms with Crippen LogP contribution in [-0.4, -0.2) is 91.7 Å². The smallest absolute Gasteiger partial charge is 0.261 e. The minimum atomic E-state index is -4.10. The van der Waals surface area contributed by atoms with Gasteiger partial charge >= 0.3 is 0 Å². The Morgan fingerprint density at radius 2 is 1.83 bits per heavy atom. The van der Waals surface area contributed by atoms with Gasteiger partial charge in [-0.2, -0.15) is 0 Å². The zero-order valence-corrected chi connectivity index (χ0v) is 28.0. The van der Waals surface area contributed by atoms with Gasteiger partial charge in [0.2, 0.25) is 0 Å². The number of carbonyl (C=O) groups excluding carboxylic acids is 2. The normalized spacial score (nSPS) is 20.3. The van der Waals surface area contributed by atoms with Crippen LogP contribution in [0.4, 0.5) is 10.1 Å². The third-order valence-electron chi connectivity index (χ3n) is 8.16. The molecule has 11 nitrogen and oxygen atoms in total. The average molecular weight is 671 g/mol. The first-order valence-electron chi connectivity index (χ1n) is 15.7. The molecule has 3 aromatic rings. The van der Waals surface area contributed by atoms with Crippen LogP contribution in [0.15, 0.2) is 71.9 Å². The molecule has 13 heteroatoms. The molecule has 2 N–H and O–H groups in total. The molecule has 0 saturated carbocycles. The van der Waals surface area contributed by atoms with E-state index in [-0.39, 0.29) is 59.5 Å². The molecule has 0 bridgehead atoms. The number of nitrogens with one attached hydrogen (secondary N) is 1. The predicted molar refractivity (Wildman–Crippen MR) is 175 cm³/mol. The second kappa shape index (κ2) is 16.2. The highest BCUT2D eigenvalue weighted by atomic mass is 32.2. The number of sulfonamides is 1. The number of amides is 2. The van der Waals surface area contributed by atoms with Gasteiger partial charge in [0.05, 0.1) is 35.3 Å². The van der Waals surface area contributed by atoms with E-state index in [0.717, 1.165) is 37.1 Å². The van der Waals surface area contributed by atoms with Gasteiger partial charge in [-0.1, -0.05) is 6.92 Å². The number of nitrogens with zero attached hydrogens (tertiary/aromatic N) is 3. The molecule has 2 aromatic carbocycles. The van der Waals surface area contributed by atoms with Gasteiger partial charge in [0.15, 0.2) is 0 Å². The Kier molecular flexibility index (Phi) is 12.3. The van der Waals surface area contributed by atoms with Crippen LogP contribution in [0.5, 0.6) is 5.75 Å². The van der Waals surface area contributed by atoms with Crippen molar-refractivity contribution < 1.29 is 37.0 Å². The summed E-state index contributed by atoms with van der Waals surface area (Å²) < 4.78 is 54.6. The fourth-order valence-corrected chi connectivity index (χ4v) is 6.39. The zero-order valence-electron chi connectivity index (χ0n) is 27.1. The number of likely N-dealkylation sites (N-methyl/N-ethyl adjacent to an activating group) is 1. The monoisotopic (exact) mass is 670 g/mol. The number of aliphatic hydroxyl groups excluding tert-OH is 1. The summed E-state index contributed by atoms with van der Waals surface area (Å²) in [5.41, 5.74) is 0.724. The lowest BCUT2D eigenvalue weighted by atomic mass is 10.0. The van der Waals surface area contributed by atoms with Gasteiger partial charge in [0, 0.05) is 56.3 Å². The van der Waals surface area contributed by atoms with E-state index in [2.05, 4.69) is 9.71 Å². The summed E-state index contributed by atoms with van der Waals surface area (Å²) in [7, 11) is -2.40. The van der Waals surface area contributed by atoms with Gasteiger partial charge in [-0.25, -0.2) is 12.8 Å². The number of hydrogen-bond donors (Lipinski definition) is 2. The van der Waals surface area contributed by atoms with Crippen molar-refractivity contribution in [3.05, 3.63) is 83.9 Å². The molecule has 1 aliphatic rings. The lowest BCUT2D eigenvalue weighted by Crippen LogP contribution is -2.48. The molecule has 0 aliphatic carbocycles. The van der Waals surface area contributed by atoms with E-state index in [1.165, 1.54) is 17.0 Å². The quantitative estimate of drug-likeness (QED) is 0.355. The Labute approximate surface area is 275 Å². The maximum Gasteiger partial charge on any atom is 0.261 e. The van der Waals surface area contributed by atoms with Crippen molar-refractivity contribution >= 4 is 27.5 Å². The number of fused-ring (bicyclic) bond motifs is 1. The molecule has 4 rings (SSSR count). The number of aliphatic hydroxyl groups is 1. The minimum absolute atomic E-state index is 0.112. The molecule has 2 heterocycles. The Bertz CT molecular complexity index is 1610. The van der Waals surface area contributed by atoms with Crippen molar-refractivity contribution in [2.45, 2.75) is 63.2 Å². The molecule has 4 atom stereocenters. The molecular weight excluding hydrogens is 627 g/mol. The van der Waals surface area contributed by atoms with Crippen molar-refractivity contribution in [2.75, 3.05) is 38.1 Å². The van der Waals surface area contributed by atoms with Gasteiger partial charge < -0.3 is 24.4 Å².